The van der Waals surface area contributed by atoms with Crippen LogP contribution in [0.25, 0.3) is 6.08 Å². The third kappa shape index (κ3) is 4.56. The number of hydrogen-bond acceptors (Lipinski definition) is 6. The van der Waals surface area contributed by atoms with E-state index in [1.807, 2.05) is 31.2 Å². The molecule has 0 N–H and O–H groups in total. The number of carbonyl (C=O) groups is 1. The second-order valence-electron chi connectivity index (χ2n) is 9.42. The van der Waals surface area contributed by atoms with Crippen LogP contribution in [0.4, 0.5) is 0 Å². The SMILES string of the molecule is Cc1cc2c(c3c1C(=O)/C(=C/c1ccc(C(C)C)cc1)O3)CN(CCN1CCOCC1)CO2. The Kier molecular flexibility index (Phi) is 6.23. The van der Waals surface area contributed by atoms with Crippen molar-refractivity contribution in [3.63, 3.8) is 0 Å². The van der Waals surface area contributed by atoms with Crippen LogP contribution in [0.3, 0.4) is 0 Å². The fourth-order valence-electron chi connectivity index (χ4n) is 4.66. The number of allylic oxidation sites excluding steroid dienone is 1. The average Bonchev–Trinajstić information content (AvgIpc) is 3.15. The summed E-state index contributed by atoms with van der Waals surface area (Å²) < 4.78 is 17.7. The van der Waals surface area contributed by atoms with E-state index in [1.54, 1.807) is 0 Å². The summed E-state index contributed by atoms with van der Waals surface area (Å²) in [5.41, 5.74) is 4.77. The van der Waals surface area contributed by atoms with E-state index in [0.717, 1.165) is 61.8 Å². The summed E-state index contributed by atoms with van der Waals surface area (Å²) in [6.07, 6.45) is 1.85. The summed E-state index contributed by atoms with van der Waals surface area (Å²) in [6, 6.07) is 10.3. The molecule has 3 aliphatic rings. The first-order chi connectivity index (χ1) is 16.0. The third-order valence-electron chi connectivity index (χ3n) is 6.72. The van der Waals surface area contributed by atoms with Crippen LogP contribution >= 0.6 is 0 Å². The second-order valence-corrected chi connectivity index (χ2v) is 9.42. The molecule has 6 heteroatoms. The molecular weight excluding hydrogens is 416 g/mol. The highest BCUT2D eigenvalue weighted by atomic mass is 16.5. The molecule has 33 heavy (non-hydrogen) atoms. The Hall–Kier alpha value is -2.67. The van der Waals surface area contributed by atoms with Crippen molar-refractivity contribution in [2.24, 2.45) is 0 Å². The highest BCUT2D eigenvalue weighted by molar-refractivity contribution is 6.15. The molecule has 0 radical (unpaired) electrons. The molecule has 1 saturated heterocycles. The van der Waals surface area contributed by atoms with Crippen molar-refractivity contribution in [2.75, 3.05) is 46.1 Å². The Bertz CT molecular complexity index is 1070. The second kappa shape index (κ2) is 9.29. The molecule has 2 aromatic rings. The molecule has 6 nitrogen and oxygen atoms in total. The molecule has 3 heterocycles. The first-order valence-corrected chi connectivity index (χ1v) is 11.9. The largest absolute Gasteiger partial charge is 0.478 e. The summed E-state index contributed by atoms with van der Waals surface area (Å²) >= 11 is 0. The number of ether oxygens (including phenoxy) is 3. The number of nitrogens with zero attached hydrogens (tertiary/aromatic N) is 2. The Labute approximate surface area is 195 Å². The molecule has 3 aliphatic heterocycles. The Morgan fingerprint density at radius 3 is 2.52 bits per heavy atom. The van der Waals surface area contributed by atoms with Gasteiger partial charge in [-0.05, 0) is 41.7 Å². The van der Waals surface area contributed by atoms with Gasteiger partial charge in [0.25, 0.3) is 0 Å². The van der Waals surface area contributed by atoms with Crippen LogP contribution in [0.15, 0.2) is 36.1 Å². The first kappa shape index (κ1) is 22.1. The Morgan fingerprint density at radius 1 is 1.06 bits per heavy atom. The summed E-state index contributed by atoms with van der Waals surface area (Å²) in [6.45, 7) is 13.0. The number of benzene rings is 2. The zero-order chi connectivity index (χ0) is 22.9. The fraction of sp³-hybridized carbons (Fsp3) is 0.444. The van der Waals surface area contributed by atoms with Crippen LogP contribution in [0.2, 0.25) is 0 Å². The van der Waals surface area contributed by atoms with Gasteiger partial charge >= 0.3 is 0 Å². The maximum absolute atomic E-state index is 13.2. The van der Waals surface area contributed by atoms with Gasteiger partial charge < -0.3 is 14.2 Å². The standard InChI is InChI=1S/C27H32N2O4/c1-18(2)21-6-4-20(5-7-21)15-24-26(30)25-19(3)14-23-22(27(25)33-24)16-29(17-32-23)9-8-28-10-12-31-13-11-28/h4-7,14-15,18H,8-13,16-17H2,1-3H3/b24-15-. The number of carbonyl (C=O) groups excluding carboxylic acids is 1. The molecule has 0 amide bonds. The van der Waals surface area contributed by atoms with Crippen molar-refractivity contribution >= 4 is 11.9 Å². The quantitative estimate of drug-likeness (QED) is 0.639. The summed E-state index contributed by atoms with van der Waals surface area (Å²) in [4.78, 5) is 17.9. The topological polar surface area (TPSA) is 51.2 Å². The van der Waals surface area contributed by atoms with Gasteiger partial charge in [-0.15, -0.1) is 0 Å². The van der Waals surface area contributed by atoms with Crippen LogP contribution in [0.1, 0.15) is 52.4 Å². The number of hydrogen-bond donors (Lipinski definition) is 0. The fourth-order valence-corrected chi connectivity index (χ4v) is 4.66. The van der Waals surface area contributed by atoms with E-state index < -0.39 is 0 Å². The molecule has 0 spiro atoms. The highest BCUT2D eigenvalue weighted by Gasteiger charge is 2.35. The maximum atomic E-state index is 13.2. The number of fused-ring (bicyclic) bond motifs is 3. The van der Waals surface area contributed by atoms with Crippen LogP contribution in [-0.4, -0.2) is 61.7 Å². The predicted molar refractivity (Wildman–Crippen MR) is 128 cm³/mol. The first-order valence-electron chi connectivity index (χ1n) is 11.9. The van der Waals surface area contributed by atoms with Crippen molar-refractivity contribution in [1.82, 2.24) is 9.80 Å². The van der Waals surface area contributed by atoms with E-state index in [-0.39, 0.29) is 5.78 Å². The van der Waals surface area contributed by atoms with Gasteiger partial charge in [-0.3, -0.25) is 14.6 Å². The molecular formula is C27H32N2O4. The molecule has 2 aromatic carbocycles. The zero-order valence-electron chi connectivity index (χ0n) is 19.7. The lowest BCUT2D eigenvalue weighted by molar-refractivity contribution is 0.0239. The summed E-state index contributed by atoms with van der Waals surface area (Å²) in [5, 5.41) is 0. The average molecular weight is 449 g/mol. The molecule has 0 aromatic heterocycles. The lowest BCUT2D eigenvalue weighted by Gasteiger charge is -2.33. The zero-order valence-corrected chi connectivity index (χ0v) is 19.7. The van der Waals surface area contributed by atoms with Crippen LogP contribution in [0.5, 0.6) is 11.5 Å². The minimum Gasteiger partial charge on any atom is -0.478 e. The van der Waals surface area contributed by atoms with Crippen molar-refractivity contribution in [3.05, 3.63) is 63.9 Å². The van der Waals surface area contributed by atoms with Crippen molar-refractivity contribution in [2.45, 2.75) is 33.2 Å². The minimum atomic E-state index is -0.0522. The highest BCUT2D eigenvalue weighted by Crippen LogP contribution is 2.44. The lowest BCUT2D eigenvalue weighted by atomic mass is 9.98. The Morgan fingerprint density at radius 2 is 1.79 bits per heavy atom. The molecule has 0 aliphatic carbocycles. The van der Waals surface area contributed by atoms with Crippen LogP contribution in [-0.2, 0) is 11.3 Å². The molecule has 0 atom stereocenters. The van der Waals surface area contributed by atoms with Gasteiger partial charge in [-0.1, -0.05) is 38.1 Å². The van der Waals surface area contributed by atoms with Crippen LogP contribution in [0, 0.1) is 6.92 Å². The van der Waals surface area contributed by atoms with Gasteiger partial charge in [0.2, 0.25) is 5.78 Å². The number of aryl methyl sites for hydroxylation is 1. The van der Waals surface area contributed by atoms with E-state index in [2.05, 4.69) is 35.8 Å². The van der Waals surface area contributed by atoms with Crippen molar-refractivity contribution in [3.8, 4) is 11.5 Å². The van der Waals surface area contributed by atoms with Crippen molar-refractivity contribution in [1.29, 1.82) is 0 Å². The van der Waals surface area contributed by atoms with E-state index in [4.69, 9.17) is 14.2 Å². The number of Topliss-reactive ketones (excluding diaryl/α,β-unsaturated/α-hetero) is 1. The molecule has 0 bridgehead atoms. The van der Waals surface area contributed by atoms with Gasteiger partial charge in [-0.2, -0.15) is 0 Å². The van der Waals surface area contributed by atoms with Gasteiger partial charge in [0.05, 0.1) is 24.3 Å². The smallest absolute Gasteiger partial charge is 0.232 e. The molecule has 1 fully saturated rings. The monoisotopic (exact) mass is 448 g/mol. The van der Waals surface area contributed by atoms with E-state index in [9.17, 15) is 4.79 Å². The Balaban J connectivity index is 1.35. The molecule has 174 valence electrons. The van der Waals surface area contributed by atoms with Crippen molar-refractivity contribution < 1.29 is 19.0 Å². The van der Waals surface area contributed by atoms with Crippen LogP contribution < -0.4 is 9.47 Å². The summed E-state index contributed by atoms with van der Waals surface area (Å²) in [5.74, 6) is 2.29. The molecule has 0 unspecified atom stereocenters. The van der Waals surface area contributed by atoms with E-state index in [0.29, 0.717) is 36.3 Å². The minimum absolute atomic E-state index is 0.0522. The molecule has 0 saturated carbocycles. The maximum Gasteiger partial charge on any atom is 0.232 e. The van der Waals surface area contributed by atoms with E-state index >= 15 is 0 Å². The van der Waals surface area contributed by atoms with Gasteiger partial charge in [0.15, 0.2) is 5.76 Å². The van der Waals surface area contributed by atoms with Gasteiger partial charge in [-0.25, -0.2) is 0 Å². The van der Waals surface area contributed by atoms with Gasteiger partial charge in [0.1, 0.15) is 18.2 Å². The third-order valence-corrected chi connectivity index (χ3v) is 6.72. The number of morpholine rings is 1. The number of rotatable bonds is 5. The van der Waals surface area contributed by atoms with E-state index in [1.165, 1.54) is 5.56 Å². The normalized spacial score (nSPS) is 20.0. The summed E-state index contributed by atoms with van der Waals surface area (Å²) in [7, 11) is 0. The lowest BCUT2D eigenvalue weighted by Crippen LogP contribution is -2.43. The predicted octanol–water partition coefficient (Wildman–Crippen LogP) is 4.22. The molecule has 5 rings (SSSR count). The van der Waals surface area contributed by atoms with Gasteiger partial charge in [0, 0.05) is 32.7 Å². The number of ketones is 1.